The molecule has 1 aromatic carbocycles. The Hall–Kier alpha value is -2.84. The summed E-state index contributed by atoms with van der Waals surface area (Å²) >= 11 is 0. The molecule has 104 valence electrons. The molecule has 2 rings (SSSR count). The van der Waals surface area contributed by atoms with Gasteiger partial charge in [-0.25, -0.2) is 4.39 Å². The molecule has 1 aromatic heterocycles. The summed E-state index contributed by atoms with van der Waals surface area (Å²) in [4.78, 5) is 25.3. The van der Waals surface area contributed by atoms with Crippen molar-refractivity contribution in [3.8, 4) is 0 Å². The van der Waals surface area contributed by atoms with Crippen LogP contribution in [0.3, 0.4) is 0 Å². The number of carbonyl (C=O) groups excluding carboxylic acids is 1. The molecular formula is C11H9FN4O4. The third-order valence-electron chi connectivity index (χ3n) is 2.38. The first-order valence-electron chi connectivity index (χ1n) is 5.48. The minimum atomic E-state index is -0.974. The number of benzene rings is 1. The molecular weight excluding hydrogens is 271 g/mol. The Kier molecular flexibility index (Phi) is 3.69. The summed E-state index contributed by atoms with van der Waals surface area (Å²) in [5.74, 6) is -1.11. The lowest BCUT2D eigenvalue weighted by atomic mass is 10.2. The van der Waals surface area contributed by atoms with Crippen LogP contribution in [0.25, 0.3) is 0 Å². The highest BCUT2D eigenvalue weighted by atomic mass is 19.1. The van der Waals surface area contributed by atoms with E-state index in [1.807, 2.05) is 0 Å². The van der Waals surface area contributed by atoms with Crippen molar-refractivity contribution in [3.63, 3.8) is 0 Å². The zero-order valence-electron chi connectivity index (χ0n) is 10.3. The third-order valence-corrected chi connectivity index (χ3v) is 2.38. The molecule has 0 unspecified atom stereocenters. The standard InChI is InChI=1S/C11H9FN4O4/c1-6-14-10(20-15-6)5-13-11(17)8-3-2-7(16(18)19)4-9(8)12/h2-4H,5H2,1H3,(H,13,17). The number of carbonyl (C=O) groups is 1. The minimum Gasteiger partial charge on any atom is -0.343 e. The topological polar surface area (TPSA) is 111 Å². The molecule has 9 heteroatoms. The molecule has 0 fully saturated rings. The van der Waals surface area contributed by atoms with E-state index in [1.54, 1.807) is 6.92 Å². The second-order valence-electron chi connectivity index (χ2n) is 3.84. The van der Waals surface area contributed by atoms with Gasteiger partial charge in [0, 0.05) is 6.07 Å². The molecule has 0 bridgehead atoms. The van der Waals surface area contributed by atoms with Crippen LogP contribution < -0.4 is 5.32 Å². The highest BCUT2D eigenvalue weighted by Gasteiger charge is 2.16. The lowest BCUT2D eigenvalue weighted by molar-refractivity contribution is -0.385. The summed E-state index contributed by atoms with van der Waals surface area (Å²) in [7, 11) is 0. The van der Waals surface area contributed by atoms with Crippen molar-refractivity contribution >= 4 is 11.6 Å². The molecule has 1 amide bonds. The number of aromatic nitrogens is 2. The molecule has 0 radical (unpaired) electrons. The smallest absolute Gasteiger partial charge is 0.272 e. The van der Waals surface area contributed by atoms with E-state index >= 15 is 0 Å². The van der Waals surface area contributed by atoms with Crippen molar-refractivity contribution in [1.29, 1.82) is 0 Å². The predicted molar refractivity (Wildman–Crippen MR) is 63.3 cm³/mol. The second kappa shape index (κ2) is 5.43. The Morgan fingerprint density at radius 1 is 1.55 bits per heavy atom. The molecule has 0 aliphatic carbocycles. The Balaban J connectivity index is 2.07. The minimum absolute atomic E-state index is 0.0594. The SMILES string of the molecule is Cc1noc(CNC(=O)c2ccc([N+](=O)[O-])cc2F)n1. The van der Waals surface area contributed by atoms with Gasteiger partial charge in [-0.1, -0.05) is 5.16 Å². The number of rotatable bonds is 4. The van der Waals surface area contributed by atoms with Crippen molar-refractivity contribution in [2.45, 2.75) is 13.5 Å². The van der Waals surface area contributed by atoms with Crippen LogP contribution in [0.1, 0.15) is 22.1 Å². The summed E-state index contributed by atoms with van der Waals surface area (Å²) in [6.45, 7) is 1.56. The van der Waals surface area contributed by atoms with Gasteiger partial charge in [0.1, 0.15) is 5.82 Å². The largest absolute Gasteiger partial charge is 0.343 e. The zero-order valence-corrected chi connectivity index (χ0v) is 10.3. The van der Waals surface area contributed by atoms with Crippen LogP contribution in [0.2, 0.25) is 0 Å². The normalized spacial score (nSPS) is 10.3. The van der Waals surface area contributed by atoms with Crippen molar-refractivity contribution in [1.82, 2.24) is 15.5 Å². The lowest BCUT2D eigenvalue weighted by Crippen LogP contribution is -2.24. The van der Waals surface area contributed by atoms with E-state index in [4.69, 9.17) is 4.52 Å². The first kappa shape index (κ1) is 13.6. The maximum atomic E-state index is 13.6. The first-order chi connectivity index (χ1) is 9.47. The van der Waals surface area contributed by atoms with E-state index in [-0.39, 0.29) is 18.0 Å². The number of amides is 1. The van der Waals surface area contributed by atoms with E-state index in [2.05, 4.69) is 15.5 Å². The number of aryl methyl sites for hydroxylation is 1. The van der Waals surface area contributed by atoms with Crippen LogP contribution in [0.4, 0.5) is 10.1 Å². The summed E-state index contributed by atoms with van der Waals surface area (Å²) in [5.41, 5.74) is -0.724. The van der Waals surface area contributed by atoms with E-state index in [1.165, 1.54) is 0 Å². The summed E-state index contributed by atoms with van der Waals surface area (Å²) in [5, 5.41) is 16.4. The highest BCUT2D eigenvalue weighted by molar-refractivity contribution is 5.94. The number of nitrogens with one attached hydrogen (secondary N) is 1. The molecule has 8 nitrogen and oxygen atoms in total. The van der Waals surface area contributed by atoms with Gasteiger partial charge in [0.25, 0.3) is 11.6 Å². The molecule has 1 N–H and O–H groups in total. The third kappa shape index (κ3) is 2.94. The Morgan fingerprint density at radius 2 is 2.30 bits per heavy atom. The van der Waals surface area contributed by atoms with Crippen LogP contribution in [-0.2, 0) is 6.54 Å². The van der Waals surface area contributed by atoms with Crippen LogP contribution in [0.5, 0.6) is 0 Å². The highest BCUT2D eigenvalue weighted by Crippen LogP contribution is 2.16. The molecule has 0 aliphatic heterocycles. The lowest BCUT2D eigenvalue weighted by Gasteiger charge is -2.03. The average molecular weight is 280 g/mol. The van der Waals surface area contributed by atoms with E-state index < -0.39 is 22.3 Å². The molecule has 0 spiro atoms. The molecule has 2 aromatic rings. The number of hydrogen-bond acceptors (Lipinski definition) is 6. The summed E-state index contributed by atoms with van der Waals surface area (Å²) in [6, 6.07) is 2.78. The van der Waals surface area contributed by atoms with Crippen LogP contribution in [0.15, 0.2) is 22.7 Å². The van der Waals surface area contributed by atoms with E-state index in [0.29, 0.717) is 11.9 Å². The summed E-state index contributed by atoms with van der Waals surface area (Å²) < 4.78 is 18.3. The number of nitro benzene ring substituents is 1. The number of hydrogen-bond donors (Lipinski definition) is 1. The molecule has 0 atom stereocenters. The van der Waals surface area contributed by atoms with Crippen molar-refractivity contribution < 1.29 is 18.6 Å². The number of non-ortho nitro benzene ring substituents is 1. The fourth-order valence-corrected chi connectivity index (χ4v) is 1.46. The second-order valence-corrected chi connectivity index (χ2v) is 3.84. The van der Waals surface area contributed by atoms with Crippen LogP contribution >= 0.6 is 0 Å². The van der Waals surface area contributed by atoms with Crippen molar-refractivity contribution in [3.05, 3.63) is 51.4 Å². The van der Waals surface area contributed by atoms with E-state index in [0.717, 1.165) is 12.1 Å². The summed E-state index contributed by atoms with van der Waals surface area (Å²) in [6.07, 6.45) is 0. The Morgan fingerprint density at radius 3 is 2.85 bits per heavy atom. The van der Waals surface area contributed by atoms with E-state index in [9.17, 15) is 19.3 Å². The van der Waals surface area contributed by atoms with Gasteiger partial charge < -0.3 is 9.84 Å². The predicted octanol–water partition coefficient (Wildman–Crippen LogP) is 1.36. The van der Waals surface area contributed by atoms with Gasteiger partial charge in [-0.3, -0.25) is 14.9 Å². The van der Waals surface area contributed by atoms with Gasteiger partial charge in [0.15, 0.2) is 5.82 Å². The maximum absolute atomic E-state index is 13.6. The van der Waals surface area contributed by atoms with Gasteiger partial charge in [0.2, 0.25) is 5.89 Å². The van der Waals surface area contributed by atoms with Crippen molar-refractivity contribution in [2.24, 2.45) is 0 Å². The zero-order chi connectivity index (χ0) is 14.7. The van der Waals surface area contributed by atoms with Crippen molar-refractivity contribution in [2.75, 3.05) is 0 Å². The fraction of sp³-hybridized carbons (Fsp3) is 0.182. The van der Waals surface area contributed by atoms with Gasteiger partial charge in [0.05, 0.1) is 23.1 Å². The van der Waals surface area contributed by atoms with Gasteiger partial charge in [-0.15, -0.1) is 0 Å². The first-order valence-corrected chi connectivity index (χ1v) is 5.48. The molecule has 20 heavy (non-hydrogen) atoms. The number of nitrogens with zero attached hydrogens (tertiary/aromatic N) is 3. The van der Waals surface area contributed by atoms with Gasteiger partial charge in [-0.2, -0.15) is 4.98 Å². The molecule has 0 saturated carbocycles. The molecule has 0 saturated heterocycles. The number of halogens is 1. The Labute approximate surface area is 111 Å². The molecule has 0 aliphatic rings. The van der Waals surface area contributed by atoms with Gasteiger partial charge >= 0.3 is 0 Å². The monoisotopic (exact) mass is 280 g/mol. The quantitative estimate of drug-likeness (QED) is 0.668. The van der Waals surface area contributed by atoms with Crippen LogP contribution in [0, 0.1) is 22.9 Å². The molecule has 1 heterocycles. The maximum Gasteiger partial charge on any atom is 0.272 e. The fourth-order valence-electron chi connectivity index (χ4n) is 1.46. The average Bonchev–Trinajstić information content (AvgIpc) is 2.81. The number of nitro groups is 1. The van der Waals surface area contributed by atoms with Gasteiger partial charge in [-0.05, 0) is 13.0 Å². The van der Waals surface area contributed by atoms with Crippen LogP contribution in [-0.4, -0.2) is 21.0 Å². The Bertz CT molecular complexity index is 670.